The molecule has 0 radical (unpaired) electrons. The second kappa shape index (κ2) is 6.88. The summed E-state index contributed by atoms with van der Waals surface area (Å²) < 4.78 is 14.9. The average Bonchev–Trinajstić information content (AvgIpc) is 2.49. The minimum atomic E-state index is -0.980. The van der Waals surface area contributed by atoms with E-state index in [9.17, 15) is 14.6 Å². The van der Waals surface area contributed by atoms with Crippen LogP contribution in [0.1, 0.15) is 11.1 Å². The van der Waals surface area contributed by atoms with Crippen molar-refractivity contribution < 1.29 is 14.6 Å². The summed E-state index contributed by atoms with van der Waals surface area (Å²) >= 11 is 9.39. The highest BCUT2D eigenvalue weighted by Crippen LogP contribution is 2.32. The van der Waals surface area contributed by atoms with Gasteiger partial charge in [-0.15, -0.1) is 0 Å². The third-order valence-corrected chi connectivity index (χ3v) is 4.52. The van der Waals surface area contributed by atoms with E-state index in [-0.39, 0.29) is 19.6 Å². The summed E-state index contributed by atoms with van der Waals surface area (Å²) in [4.78, 5) is 0. The summed E-state index contributed by atoms with van der Waals surface area (Å²) in [5, 5.41) is 19.9. The van der Waals surface area contributed by atoms with Crippen molar-refractivity contribution in [1.82, 2.24) is 0 Å². The van der Waals surface area contributed by atoms with E-state index in [0.29, 0.717) is 10.6 Å². The molecule has 2 rings (SSSR count). The molecule has 0 saturated carbocycles. The van der Waals surface area contributed by atoms with E-state index >= 15 is 0 Å². The fourth-order valence-electron chi connectivity index (χ4n) is 2.29. The predicted molar refractivity (Wildman–Crippen MR) is 85.1 cm³/mol. The molecule has 0 aliphatic rings. The molecule has 0 aliphatic heterocycles. The van der Waals surface area contributed by atoms with Gasteiger partial charge in [0.15, 0.2) is 0 Å². The predicted octanol–water partition coefficient (Wildman–Crippen LogP) is 3.71. The maximum atomic E-state index is 14.0. The van der Waals surface area contributed by atoms with Crippen LogP contribution >= 0.6 is 27.5 Å². The maximum absolute atomic E-state index is 14.0. The first-order valence-electron chi connectivity index (χ1n) is 6.43. The van der Waals surface area contributed by atoms with Gasteiger partial charge in [-0.1, -0.05) is 45.7 Å². The van der Waals surface area contributed by atoms with Crippen molar-refractivity contribution in [2.75, 3.05) is 13.2 Å². The van der Waals surface area contributed by atoms with Crippen LogP contribution in [0.5, 0.6) is 0 Å². The van der Waals surface area contributed by atoms with Gasteiger partial charge in [0, 0.05) is 20.5 Å². The van der Waals surface area contributed by atoms with Gasteiger partial charge in [-0.3, -0.25) is 0 Å². The second-order valence-electron chi connectivity index (χ2n) is 4.98. The Kier molecular flexibility index (Phi) is 5.38. The smallest absolute Gasteiger partial charge is 0.127 e. The number of rotatable bonds is 5. The first-order valence-corrected chi connectivity index (χ1v) is 7.60. The van der Waals surface area contributed by atoms with E-state index in [1.54, 1.807) is 18.2 Å². The van der Waals surface area contributed by atoms with Crippen LogP contribution in [0.3, 0.4) is 0 Å². The van der Waals surface area contributed by atoms with E-state index < -0.39 is 11.2 Å². The fourth-order valence-corrected chi connectivity index (χ4v) is 2.78. The molecule has 5 heteroatoms. The Morgan fingerprint density at radius 1 is 1.05 bits per heavy atom. The molecule has 0 aromatic heterocycles. The molecule has 0 aliphatic carbocycles. The molecule has 0 heterocycles. The topological polar surface area (TPSA) is 40.5 Å². The van der Waals surface area contributed by atoms with E-state index in [4.69, 9.17) is 11.6 Å². The molecule has 112 valence electrons. The van der Waals surface area contributed by atoms with Gasteiger partial charge in [0.1, 0.15) is 5.82 Å². The lowest BCUT2D eigenvalue weighted by Gasteiger charge is -2.31. The molecule has 0 fully saturated rings. The van der Waals surface area contributed by atoms with Crippen molar-refractivity contribution in [3.63, 3.8) is 0 Å². The lowest BCUT2D eigenvalue weighted by atomic mass is 9.76. The van der Waals surface area contributed by atoms with Crippen molar-refractivity contribution in [3.8, 4) is 0 Å². The first kappa shape index (κ1) is 16.4. The Morgan fingerprint density at radius 3 is 2.19 bits per heavy atom. The molecule has 0 atom stereocenters. The summed E-state index contributed by atoms with van der Waals surface area (Å²) in [5.41, 5.74) is 0.0483. The monoisotopic (exact) mass is 372 g/mol. The van der Waals surface area contributed by atoms with Gasteiger partial charge in [-0.05, 0) is 36.2 Å². The number of aliphatic hydroxyl groups excluding tert-OH is 2. The third kappa shape index (κ3) is 3.46. The number of hydrogen-bond acceptors (Lipinski definition) is 2. The zero-order valence-electron chi connectivity index (χ0n) is 11.2. The first-order chi connectivity index (χ1) is 10.0. The van der Waals surface area contributed by atoms with E-state index in [2.05, 4.69) is 15.9 Å². The van der Waals surface area contributed by atoms with Gasteiger partial charge in [-0.2, -0.15) is 0 Å². The highest BCUT2D eigenvalue weighted by Gasteiger charge is 2.33. The Labute approximate surface area is 136 Å². The standard InChI is InChI=1S/C16H15BrClFO2/c17-12-6-4-11(5-7-12)16(9-20,10-21)8-13-14(18)2-1-3-15(13)19/h1-7,20-21H,8-10H2. The van der Waals surface area contributed by atoms with Crippen LogP contribution in [0.25, 0.3) is 0 Å². The van der Waals surface area contributed by atoms with E-state index in [0.717, 1.165) is 10.0 Å². The Balaban J connectivity index is 2.45. The van der Waals surface area contributed by atoms with E-state index in [1.165, 1.54) is 12.1 Å². The van der Waals surface area contributed by atoms with Gasteiger partial charge in [0.05, 0.1) is 13.2 Å². The van der Waals surface area contributed by atoms with Gasteiger partial charge < -0.3 is 10.2 Å². The van der Waals surface area contributed by atoms with Crippen molar-refractivity contribution >= 4 is 27.5 Å². The SMILES string of the molecule is OCC(CO)(Cc1c(F)cccc1Cl)c1ccc(Br)cc1. The highest BCUT2D eigenvalue weighted by molar-refractivity contribution is 9.10. The van der Waals surface area contributed by atoms with Crippen LogP contribution in [-0.4, -0.2) is 23.4 Å². The molecule has 2 aromatic carbocycles. The van der Waals surface area contributed by atoms with E-state index in [1.807, 2.05) is 12.1 Å². The van der Waals surface area contributed by atoms with Crippen molar-refractivity contribution in [2.24, 2.45) is 0 Å². The summed E-state index contributed by atoms with van der Waals surface area (Å²) in [5.74, 6) is -0.439. The fraction of sp³-hybridized carbons (Fsp3) is 0.250. The molecule has 0 bridgehead atoms. The second-order valence-corrected chi connectivity index (χ2v) is 6.30. The van der Waals surface area contributed by atoms with Crippen molar-refractivity contribution in [3.05, 3.63) is 68.9 Å². The molecule has 0 amide bonds. The quantitative estimate of drug-likeness (QED) is 0.839. The third-order valence-electron chi connectivity index (χ3n) is 3.64. The zero-order chi connectivity index (χ0) is 15.5. The number of benzene rings is 2. The summed E-state index contributed by atoms with van der Waals surface area (Å²) in [6.45, 7) is -0.619. The number of halogens is 3. The molecule has 2 N–H and O–H groups in total. The van der Waals surface area contributed by atoms with Crippen LogP contribution in [-0.2, 0) is 11.8 Å². The van der Waals surface area contributed by atoms with Crippen molar-refractivity contribution in [2.45, 2.75) is 11.8 Å². The van der Waals surface area contributed by atoms with Gasteiger partial charge in [0.2, 0.25) is 0 Å². The summed E-state index contributed by atoms with van der Waals surface area (Å²) in [7, 11) is 0. The molecular formula is C16H15BrClFO2. The lowest BCUT2D eigenvalue weighted by molar-refractivity contribution is 0.115. The Bertz CT molecular complexity index is 592. The molecule has 2 nitrogen and oxygen atoms in total. The van der Waals surface area contributed by atoms with Crippen LogP contribution in [0.2, 0.25) is 5.02 Å². The van der Waals surface area contributed by atoms with Gasteiger partial charge in [-0.25, -0.2) is 4.39 Å². The van der Waals surface area contributed by atoms with Gasteiger partial charge in [0.25, 0.3) is 0 Å². The molecule has 2 aromatic rings. The summed E-state index contributed by atoms with van der Waals surface area (Å²) in [6, 6.07) is 11.7. The lowest BCUT2D eigenvalue weighted by Crippen LogP contribution is -2.37. The maximum Gasteiger partial charge on any atom is 0.127 e. The molecular weight excluding hydrogens is 359 g/mol. The zero-order valence-corrected chi connectivity index (χ0v) is 13.5. The van der Waals surface area contributed by atoms with Crippen LogP contribution in [0, 0.1) is 5.82 Å². The van der Waals surface area contributed by atoms with Gasteiger partial charge >= 0.3 is 0 Å². The molecule has 0 spiro atoms. The Morgan fingerprint density at radius 2 is 1.67 bits per heavy atom. The highest BCUT2D eigenvalue weighted by atomic mass is 79.9. The Hall–Kier alpha value is -0.940. The minimum Gasteiger partial charge on any atom is -0.395 e. The van der Waals surface area contributed by atoms with Crippen molar-refractivity contribution in [1.29, 1.82) is 0 Å². The van der Waals surface area contributed by atoms with Crippen LogP contribution < -0.4 is 0 Å². The molecule has 0 unspecified atom stereocenters. The van der Waals surface area contributed by atoms with Crippen LogP contribution in [0.15, 0.2) is 46.9 Å². The normalized spacial score (nSPS) is 11.7. The number of hydrogen-bond donors (Lipinski definition) is 2. The largest absolute Gasteiger partial charge is 0.395 e. The minimum absolute atomic E-state index is 0.118. The average molecular weight is 374 g/mol. The number of aliphatic hydroxyl groups is 2. The van der Waals surface area contributed by atoms with Crippen LogP contribution in [0.4, 0.5) is 4.39 Å². The summed E-state index contributed by atoms with van der Waals surface area (Å²) in [6.07, 6.45) is 0.118. The molecule has 0 saturated heterocycles. The molecule has 21 heavy (non-hydrogen) atoms.